The summed E-state index contributed by atoms with van der Waals surface area (Å²) in [5, 5.41) is 3.73. The average molecular weight is 284 g/mol. The van der Waals surface area contributed by atoms with Crippen LogP contribution in [0.4, 0.5) is 0 Å². The Bertz CT molecular complexity index is 245. The Morgan fingerprint density at radius 2 is 1.70 bits per heavy atom. The van der Waals surface area contributed by atoms with Crippen LogP contribution in [0.1, 0.15) is 46.0 Å². The van der Waals surface area contributed by atoms with E-state index in [1.165, 1.54) is 45.3 Å². The normalized spacial score (nSPS) is 21.8. The molecule has 4 nitrogen and oxygen atoms in total. The van der Waals surface area contributed by atoms with Gasteiger partial charge >= 0.3 is 0 Å². The van der Waals surface area contributed by atoms with Gasteiger partial charge in [-0.2, -0.15) is 0 Å². The van der Waals surface area contributed by atoms with Crippen LogP contribution in [0.2, 0.25) is 0 Å². The Labute approximate surface area is 124 Å². The predicted octanol–water partition coefficient (Wildman–Crippen LogP) is 2.24. The lowest BCUT2D eigenvalue weighted by atomic mass is 10.0. The van der Waals surface area contributed by atoms with Crippen molar-refractivity contribution in [1.82, 2.24) is 10.2 Å². The molecule has 118 valence electrons. The first kappa shape index (κ1) is 16.2. The summed E-state index contributed by atoms with van der Waals surface area (Å²) in [6.45, 7) is 10.3. The summed E-state index contributed by atoms with van der Waals surface area (Å²) in [6.07, 6.45) is 6.45. The maximum absolute atomic E-state index is 5.61. The number of ether oxygens (including phenoxy) is 2. The van der Waals surface area contributed by atoms with Crippen LogP contribution in [0.15, 0.2) is 0 Å². The molecule has 1 aliphatic heterocycles. The highest BCUT2D eigenvalue weighted by atomic mass is 16.7. The van der Waals surface area contributed by atoms with Gasteiger partial charge in [0.1, 0.15) is 0 Å². The smallest absolute Gasteiger partial charge is 0.158 e. The van der Waals surface area contributed by atoms with Crippen molar-refractivity contribution in [3.05, 3.63) is 0 Å². The highest BCUT2D eigenvalue weighted by Crippen LogP contribution is 2.28. The zero-order chi connectivity index (χ0) is 14.2. The Kier molecular flexibility index (Phi) is 7.28. The molecule has 0 aromatic carbocycles. The second kappa shape index (κ2) is 8.98. The standard InChI is InChI=1S/C16H32N2O2/c1-3-19-16(20-4-2)9-12-18-10-7-15(8-11-18)17-13-14-5-6-14/h14-17H,3-13H2,1-2H3. The van der Waals surface area contributed by atoms with Crippen molar-refractivity contribution >= 4 is 0 Å². The molecule has 1 saturated heterocycles. The molecule has 0 spiro atoms. The van der Waals surface area contributed by atoms with E-state index in [1.807, 2.05) is 13.8 Å². The molecule has 1 heterocycles. The number of piperidine rings is 1. The van der Waals surface area contributed by atoms with Gasteiger partial charge in [-0.05, 0) is 65.1 Å². The van der Waals surface area contributed by atoms with Gasteiger partial charge < -0.3 is 19.7 Å². The summed E-state index contributed by atoms with van der Waals surface area (Å²) in [5.41, 5.74) is 0. The SMILES string of the molecule is CCOC(CCN1CCC(NCC2CC2)CC1)OCC. The minimum Gasteiger partial charge on any atom is -0.353 e. The van der Waals surface area contributed by atoms with Crippen molar-refractivity contribution in [1.29, 1.82) is 0 Å². The molecule has 2 rings (SSSR count). The second-order valence-corrected chi connectivity index (χ2v) is 6.10. The summed E-state index contributed by atoms with van der Waals surface area (Å²) >= 11 is 0. The van der Waals surface area contributed by atoms with Gasteiger partial charge in [0.15, 0.2) is 6.29 Å². The molecule has 0 aromatic heterocycles. The second-order valence-electron chi connectivity index (χ2n) is 6.10. The maximum atomic E-state index is 5.61. The van der Waals surface area contributed by atoms with Crippen LogP contribution in [0, 0.1) is 5.92 Å². The lowest BCUT2D eigenvalue weighted by Gasteiger charge is -2.33. The van der Waals surface area contributed by atoms with Crippen molar-refractivity contribution in [2.75, 3.05) is 39.4 Å². The maximum Gasteiger partial charge on any atom is 0.158 e. The van der Waals surface area contributed by atoms with Gasteiger partial charge in [-0.25, -0.2) is 0 Å². The largest absolute Gasteiger partial charge is 0.353 e. The van der Waals surface area contributed by atoms with Crippen molar-refractivity contribution in [3.8, 4) is 0 Å². The van der Waals surface area contributed by atoms with Crippen molar-refractivity contribution in [2.45, 2.75) is 58.3 Å². The van der Waals surface area contributed by atoms with Crippen LogP contribution in [-0.4, -0.2) is 56.6 Å². The first-order valence-electron chi connectivity index (χ1n) is 8.50. The topological polar surface area (TPSA) is 33.7 Å². The van der Waals surface area contributed by atoms with E-state index >= 15 is 0 Å². The third-order valence-corrected chi connectivity index (χ3v) is 4.37. The fourth-order valence-corrected chi connectivity index (χ4v) is 2.89. The van der Waals surface area contributed by atoms with Gasteiger partial charge in [0.05, 0.1) is 0 Å². The number of nitrogens with one attached hydrogen (secondary N) is 1. The van der Waals surface area contributed by atoms with E-state index in [1.54, 1.807) is 0 Å². The van der Waals surface area contributed by atoms with Gasteiger partial charge in [0.2, 0.25) is 0 Å². The highest BCUT2D eigenvalue weighted by molar-refractivity contribution is 4.81. The summed E-state index contributed by atoms with van der Waals surface area (Å²) < 4.78 is 11.2. The number of hydrogen-bond donors (Lipinski definition) is 1. The van der Waals surface area contributed by atoms with E-state index in [0.29, 0.717) is 0 Å². The Morgan fingerprint density at radius 3 is 2.25 bits per heavy atom. The lowest BCUT2D eigenvalue weighted by molar-refractivity contribution is -0.142. The van der Waals surface area contributed by atoms with Crippen molar-refractivity contribution in [2.24, 2.45) is 5.92 Å². The number of rotatable bonds is 10. The molecule has 1 saturated carbocycles. The summed E-state index contributed by atoms with van der Waals surface area (Å²) in [7, 11) is 0. The van der Waals surface area contributed by atoms with Crippen LogP contribution in [0.3, 0.4) is 0 Å². The van der Waals surface area contributed by atoms with Crippen LogP contribution in [0.25, 0.3) is 0 Å². The van der Waals surface area contributed by atoms with E-state index in [0.717, 1.165) is 38.1 Å². The quantitative estimate of drug-likeness (QED) is 0.624. The number of nitrogens with zero attached hydrogens (tertiary/aromatic N) is 1. The minimum atomic E-state index is -0.0179. The molecule has 0 aromatic rings. The van der Waals surface area contributed by atoms with Crippen LogP contribution in [-0.2, 0) is 9.47 Å². The molecule has 0 radical (unpaired) electrons. The van der Waals surface area contributed by atoms with E-state index in [9.17, 15) is 0 Å². The minimum absolute atomic E-state index is 0.0179. The predicted molar refractivity (Wildman–Crippen MR) is 81.8 cm³/mol. The molecule has 1 aliphatic carbocycles. The Balaban J connectivity index is 1.55. The molecule has 4 heteroatoms. The van der Waals surface area contributed by atoms with E-state index in [4.69, 9.17) is 9.47 Å². The number of hydrogen-bond acceptors (Lipinski definition) is 4. The highest BCUT2D eigenvalue weighted by Gasteiger charge is 2.24. The average Bonchev–Trinajstić information content (AvgIpc) is 3.28. The van der Waals surface area contributed by atoms with Gasteiger partial charge in [0.25, 0.3) is 0 Å². The molecule has 0 amide bonds. The van der Waals surface area contributed by atoms with Crippen molar-refractivity contribution in [3.63, 3.8) is 0 Å². The van der Waals surface area contributed by atoms with Crippen LogP contribution < -0.4 is 5.32 Å². The summed E-state index contributed by atoms with van der Waals surface area (Å²) in [6, 6.07) is 0.751. The van der Waals surface area contributed by atoms with Gasteiger partial charge in [-0.15, -0.1) is 0 Å². The number of likely N-dealkylation sites (tertiary alicyclic amines) is 1. The molecule has 1 N–H and O–H groups in total. The van der Waals surface area contributed by atoms with E-state index in [2.05, 4.69) is 10.2 Å². The Morgan fingerprint density at radius 1 is 1.05 bits per heavy atom. The van der Waals surface area contributed by atoms with Gasteiger partial charge in [-0.1, -0.05) is 0 Å². The molecule has 0 bridgehead atoms. The summed E-state index contributed by atoms with van der Waals surface area (Å²) in [4.78, 5) is 2.56. The monoisotopic (exact) mass is 284 g/mol. The van der Waals surface area contributed by atoms with Gasteiger partial charge in [-0.3, -0.25) is 0 Å². The fourth-order valence-electron chi connectivity index (χ4n) is 2.89. The molecular weight excluding hydrogens is 252 g/mol. The zero-order valence-electron chi connectivity index (χ0n) is 13.3. The van der Waals surface area contributed by atoms with Crippen molar-refractivity contribution < 1.29 is 9.47 Å². The first-order valence-corrected chi connectivity index (χ1v) is 8.50. The molecular formula is C16H32N2O2. The van der Waals surface area contributed by atoms with Crippen LogP contribution in [0.5, 0.6) is 0 Å². The molecule has 2 fully saturated rings. The molecule has 2 aliphatic rings. The summed E-state index contributed by atoms with van der Waals surface area (Å²) in [5.74, 6) is 0.992. The van der Waals surface area contributed by atoms with E-state index in [-0.39, 0.29) is 6.29 Å². The fraction of sp³-hybridized carbons (Fsp3) is 1.00. The van der Waals surface area contributed by atoms with Gasteiger partial charge in [0, 0.05) is 32.2 Å². The Hall–Kier alpha value is -0.160. The lowest BCUT2D eigenvalue weighted by Crippen LogP contribution is -2.43. The molecule has 0 atom stereocenters. The molecule has 20 heavy (non-hydrogen) atoms. The zero-order valence-corrected chi connectivity index (χ0v) is 13.3. The third-order valence-electron chi connectivity index (χ3n) is 4.37. The molecule has 0 unspecified atom stereocenters. The van der Waals surface area contributed by atoms with Crippen LogP contribution >= 0.6 is 0 Å². The van der Waals surface area contributed by atoms with E-state index < -0.39 is 0 Å². The first-order chi connectivity index (χ1) is 9.81. The third kappa shape index (κ3) is 6.08.